The number of nitrogens with zero attached hydrogens (tertiary/aromatic N) is 2. The third-order valence-corrected chi connectivity index (χ3v) is 2.88. The number of carbonyl (C=O) groups is 1. The lowest BCUT2D eigenvalue weighted by atomic mass is 10.1. The molecule has 0 heterocycles. The monoisotopic (exact) mass is 245 g/mol. The molecule has 1 aromatic rings. The van der Waals surface area contributed by atoms with Crippen LogP contribution in [0.4, 0.5) is 5.69 Å². The highest BCUT2D eigenvalue weighted by Crippen LogP contribution is 2.15. The van der Waals surface area contributed by atoms with E-state index in [1.807, 2.05) is 0 Å². The molecule has 0 aliphatic heterocycles. The lowest BCUT2D eigenvalue weighted by molar-refractivity contribution is -0.119. The van der Waals surface area contributed by atoms with Crippen LogP contribution in [0.2, 0.25) is 0 Å². The van der Waals surface area contributed by atoms with E-state index in [1.165, 1.54) is 4.90 Å². The third-order valence-electron chi connectivity index (χ3n) is 2.88. The molecule has 18 heavy (non-hydrogen) atoms. The van der Waals surface area contributed by atoms with Crippen LogP contribution in [0, 0.1) is 11.3 Å². The summed E-state index contributed by atoms with van der Waals surface area (Å²) in [5, 5.41) is 8.83. The molecule has 1 aromatic carbocycles. The van der Waals surface area contributed by atoms with Crippen LogP contribution in [-0.2, 0) is 4.79 Å². The van der Waals surface area contributed by atoms with Gasteiger partial charge in [-0.1, -0.05) is 25.8 Å². The van der Waals surface area contributed by atoms with Gasteiger partial charge in [0.05, 0.1) is 17.7 Å². The van der Waals surface area contributed by atoms with Crippen molar-refractivity contribution in [2.45, 2.75) is 32.2 Å². The van der Waals surface area contributed by atoms with Crippen molar-refractivity contribution in [1.82, 2.24) is 0 Å². The fourth-order valence-corrected chi connectivity index (χ4v) is 1.71. The zero-order chi connectivity index (χ0) is 13.5. The fourth-order valence-electron chi connectivity index (χ4n) is 1.71. The van der Waals surface area contributed by atoms with Gasteiger partial charge in [0.15, 0.2) is 0 Å². The lowest BCUT2D eigenvalue weighted by Gasteiger charge is -2.21. The zero-order valence-electron chi connectivity index (χ0n) is 10.9. The third kappa shape index (κ3) is 3.57. The van der Waals surface area contributed by atoms with E-state index in [-0.39, 0.29) is 5.91 Å². The number of hydrogen-bond donors (Lipinski definition) is 1. The molecule has 0 saturated carbocycles. The van der Waals surface area contributed by atoms with Gasteiger partial charge < -0.3 is 10.6 Å². The van der Waals surface area contributed by atoms with E-state index in [0.717, 1.165) is 12.8 Å². The molecule has 4 nitrogen and oxygen atoms in total. The van der Waals surface area contributed by atoms with Crippen molar-refractivity contribution in [3.05, 3.63) is 29.8 Å². The number of anilines is 1. The second kappa shape index (κ2) is 6.77. The van der Waals surface area contributed by atoms with Gasteiger partial charge in [-0.15, -0.1) is 0 Å². The first kappa shape index (κ1) is 14.2. The summed E-state index contributed by atoms with van der Waals surface area (Å²) in [5.41, 5.74) is 7.09. The molecular weight excluding hydrogens is 226 g/mol. The molecule has 0 saturated heterocycles. The maximum Gasteiger partial charge on any atom is 0.243 e. The highest BCUT2D eigenvalue weighted by Gasteiger charge is 2.18. The van der Waals surface area contributed by atoms with Crippen molar-refractivity contribution < 1.29 is 4.79 Å². The van der Waals surface area contributed by atoms with E-state index < -0.39 is 6.04 Å². The second-order valence-electron chi connectivity index (χ2n) is 4.31. The average Bonchev–Trinajstić information content (AvgIpc) is 2.43. The molecule has 0 bridgehead atoms. The fraction of sp³-hybridized carbons (Fsp3) is 0.429. The van der Waals surface area contributed by atoms with E-state index in [1.54, 1.807) is 31.3 Å². The maximum atomic E-state index is 12.1. The van der Waals surface area contributed by atoms with E-state index in [4.69, 9.17) is 11.0 Å². The molecule has 96 valence electrons. The molecule has 4 heteroatoms. The standard InChI is InChI=1S/C14H19N3O/c1-3-4-8-13(16)14(18)17(2)12-7-5-6-11(9-12)10-15/h5-7,9,13H,3-4,8,16H2,1-2H3/t13-/m0/s1. The second-order valence-corrected chi connectivity index (χ2v) is 4.31. The predicted molar refractivity (Wildman–Crippen MR) is 72.1 cm³/mol. The molecule has 1 atom stereocenters. The number of benzene rings is 1. The number of hydrogen-bond acceptors (Lipinski definition) is 3. The lowest BCUT2D eigenvalue weighted by Crippen LogP contribution is -2.41. The van der Waals surface area contributed by atoms with Crippen LogP contribution >= 0.6 is 0 Å². The molecule has 1 amide bonds. The molecule has 0 aliphatic rings. The maximum absolute atomic E-state index is 12.1. The molecular formula is C14H19N3O. The Morgan fingerprint density at radius 3 is 2.89 bits per heavy atom. The SMILES string of the molecule is CCCC[C@H](N)C(=O)N(C)c1cccc(C#N)c1. The number of carbonyl (C=O) groups excluding carboxylic acids is 1. The average molecular weight is 245 g/mol. The number of nitriles is 1. The van der Waals surface area contributed by atoms with Gasteiger partial charge in [0.2, 0.25) is 5.91 Å². The molecule has 2 N–H and O–H groups in total. The molecule has 0 spiro atoms. The van der Waals surface area contributed by atoms with Crippen molar-refractivity contribution in [1.29, 1.82) is 5.26 Å². The van der Waals surface area contributed by atoms with Crippen molar-refractivity contribution in [2.24, 2.45) is 5.73 Å². The normalized spacial score (nSPS) is 11.7. The van der Waals surface area contributed by atoms with Gasteiger partial charge >= 0.3 is 0 Å². The first-order valence-corrected chi connectivity index (χ1v) is 6.13. The minimum absolute atomic E-state index is 0.112. The van der Waals surface area contributed by atoms with Crippen LogP contribution in [0.15, 0.2) is 24.3 Å². The Labute approximate surface area is 108 Å². The first-order chi connectivity index (χ1) is 8.60. The van der Waals surface area contributed by atoms with Crippen LogP contribution in [0.25, 0.3) is 0 Å². The quantitative estimate of drug-likeness (QED) is 0.863. The van der Waals surface area contributed by atoms with Crippen molar-refractivity contribution in [3.8, 4) is 6.07 Å². The van der Waals surface area contributed by atoms with Crippen LogP contribution < -0.4 is 10.6 Å². The summed E-state index contributed by atoms with van der Waals surface area (Å²) in [4.78, 5) is 13.6. The van der Waals surface area contributed by atoms with Gasteiger partial charge in [-0.25, -0.2) is 0 Å². The summed E-state index contributed by atoms with van der Waals surface area (Å²) in [7, 11) is 1.69. The zero-order valence-corrected chi connectivity index (χ0v) is 10.9. The summed E-state index contributed by atoms with van der Waals surface area (Å²) in [5.74, 6) is -0.112. The highest BCUT2D eigenvalue weighted by atomic mass is 16.2. The molecule has 0 aliphatic carbocycles. The topological polar surface area (TPSA) is 70.1 Å². The number of unbranched alkanes of at least 4 members (excludes halogenated alkanes) is 1. The van der Waals surface area contributed by atoms with E-state index >= 15 is 0 Å². The van der Waals surface area contributed by atoms with E-state index in [0.29, 0.717) is 17.7 Å². The Morgan fingerprint density at radius 2 is 2.28 bits per heavy atom. The van der Waals surface area contributed by atoms with E-state index in [2.05, 4.69) is 13.0 Å². The van der Waals surface area contributed by atoms with Gasteiger partial charge in [0.25, 0.3) is 0 Å². The smallest absolute Gasteiger partial charge is 0.243 e. The van der Waals surface area contributed by atoms with Gasteiger partial charge in [-0.3, -0.25) is 4.79 Å². The van der Waals surface area contributed by atoms with Crippen LogP contribution in [0.3, 0.4) is 0 Å². The Balaban J connectivity index is 2.76. The number of nitrogens with two attached hydrogens (primary N) is 1. The predicted octanol–water partition coefficient (Wildman–Crippen LogP) is 2.04. The summed E-state index contributed by atoms with van der Waals surface area (Å²) >= 11 is 0. The molecule has 1 rings (SSSR count). The number of rotatable bonds is 5. The molecule has 0 fully saturated rings. The van der Waals surface area contributed by atoms with Gasteiger partial charge in [-0.05, 0) is 24.6 Å². The van der Waals surface area contributed by atoms with Crippen LogP contribution in [-0.4, -0.2) is 19.0 Å². The largest absolute Gasteiger partial charge is 0.320 e. The van der Waals surface area contributed by atoms with Gasteiger partial charge in [0.1, 0.15) is 0 Å². The van der Waals surface area contributed by atoms with Crippen molar-refractivity contribution >= 4 is 11.6 Å². The Morgan fingerprint density at radius 1 is 1.56 bits per heavy atom. The van der Waals surface area contributed by atoms with Crippen molar-refractivity contribution in [2.75, 3.05) is 11.9 Å². The minimum atomic E-state index is -0.472. The van der Waals surface area contributed by atoms with Crippen LogP contribution in [0.1, 0.15) is 31.7 Å². The minimum Gasteiger partial charge on any atom is -0.320 e. The molecule has 0 aromatic heterocycles. The summed E-state index contributed by atoms with van der Waals surface area (Å²) in [6.07, 6.45) is 2.66. The Bertz CT molecular complexity index is 451. The van der Waals surface area contributed by atoms with Gasteiger partial charge in [0, 0.05) is 12.7 Å². The number of amides is 1. The number of likely N-dealkylation sites (N-methyl/N-ethyl adjacent to an activating group) is 1. The van der Waals surface area contributed by atoms with E-state index in [9.17, 15) is 4.79 Å². The summed E-state index contributed by atoms with van der Waals surface area (Å²) in [6, 6.07) is 8.53. The summed E-state index contributed by atoms with van der Waals surface area (Å²) < 4.78 is 0. The molecule has 0 radical (unpaired) electrons. The Kier molecular flexibility index (Phi) is 5.34. The van der Waals surface area contributed by atoms with Crippen LogP contribution in [0.5, 0.6) is 0 Å². The van der Waals surface area contributed by atoms with Crippen molar-refractivity contribution in [3.63, 3.8) is 0 Å². The molecule has 0 unspecified atom stereocenters. The van der Waals surface area contributed by atoms with Gasteiger partial charge in [-0.2, -0.15) is 5.26 Å². The first-order valence-electron chi connectivity index (χ1n) is 6.13. The summed E-state index contributed by atoms with van der Waals surface area (Å²) in [6.45, 7) is 2.07. The Hall–Kier alpha value is -1.86. The highest BCUT2D eigenvalue weighted by molar-refractivity contribution is 5.96.